The highest BCUT2D eigenvalue weighted by Crippen LogP contribution is 2.37. The van der Waals surface area contributed by atoms with E-state index >= 15 is 0 Å². The summed E-state index contributed by atoms with van der Waals surface area (Å²) in [5.41, 5.74) is 3.25. The Morgan fingerprint density at radius 3 is 2.57 bits per heavy atom. The van der Waals surface area contributed by atoms with Crippen molar-refractivity contribution >= 4 is 21.7 Å². The van der Waals surface area contributed by atoms with Crippen LogP contribution in [-0.2, 0) is 23.0 Å². The number of aromatic nitrogens is 2. The van der Waals surface area contributed by atoms with Crippen LogP contribution in [0, 0.1) is 6.92 Å². The molecule has 1 aliphatic rings. The molecule has 1 heterocycles. The fourth-order valence-corrected chi connectivity index (χ4v) is 4.19. The molecule has 0 saturated heterocycles. The lowest BCUT2D eigenvalue weighted by atomic mass is 10.1. The number of benzene rings is 2. The summed E-state index contributed by atoms with van der Waals surface area (Å²) < 4.78 is 36.5. The molecule has 0 fully saturated rings. The van der Waals surface area contributed by atoms with Gasteiger partial charge in [-0.15, -0.1) is 10.2 Å². The monoisotopic (exact) mass is 416 g/mol. The lowest BCUT2D eigenvalue weighted by molar-refractivity contribution is 0.412. The highest BCUT2D eigenvalue weighted by Gasteiger charge is 2.23. The number of hydrogen-bond acceptors (Lipinski definition) is 6. The highest BCUT2D eigenvalue weighted by molar-refractivity contribution is 7.87. The van der Waals surface area contributed by atoms with Crippen LogP contribution < -0.4 is 8.92 Å². The molecule has 3 aromatic rings. The Labute approximate surface area is 168 Å². The fourth-order valence-electron chi connectivity index (χ4n) is 3.13. The first-order valence-corrected chi connectivity index (χ1v) is 10.5. The fraction of sp³-hybridized carbons (Fsp3) is 0.200. The number of nitrogens with zero attached hydrogens (tertiary/aromatic N) is 2. The molecule has 0 spiro atoms. The van der Waals surface area contributed by atoms with Crippen molar-refractivity contribution in [2.24, 2.45) is 0 Å². The van der Waals surface area contributed by atoms with Gasteiger partial charge in [-0.05, 0) is 55.5 Å². The van der Waals surface area contributed by atoms with E-state index in [9.17, 15) is 8.42 Å². The van der Waals surface area contributed by atoms with Gasteiger partial charge in [0.05, 0.1) is 0 Å². The van der Waals surface area contributed by atoms with Crippen molar-refractivity contribution in [1.29, 1.82) is 0 Å². The third kappa shape index (κ3) is 3.81. The molecule has 0 N–H and O–H groups in total. The van der Waals surface area contributed by atoms with Crippen molar-refractivity contribution in [2.45, 2.75) is 31.1 Å². The van der Waals surface area contributed by atoms with E-state index < -0.39 is 10.1 Å². The van der Waals surface area contributed by atoms with E-state index in [1.807, 2.05) is 19.1 Å². The first-order valence-electron chi connectivity index (χ1n) is 8.75. The number of halogens is 1. The number of aryl methyl sites for hydroxylation is 2. The standard InChI is InChI=1S/C20H17ClN2O4S/c1-13-8-10-15(11-9-13)28(24,25)27-18-12-19(21)22-23-20(18)26-17-7-3-5-14-4-2-6-16(14)17/h3,5,7-12H,2,4,6H2,1H3. The first-order chi connectivity index (χ1) is 13.4. The molecular formula is C20H17ClN2O4S. The maximum Gasteiger partial charge on any atom is 0.339 e. The predicted octanol–water partition coefficient (Wildman–Crippen LogP) is 4.49. The van der Waals surface area contributed by atoms with E-state index in [2.05, 4.69) is 16.3 Å². The Hall–Kier alpha value is -2.64. The van der Waals surface area contributed by atoms with Crippen LogP contribution in [0.4, 0.5) is 0 Å². The van der Waals surface area contributed by atoms with Crippen molar-refractivity contribution in [3.05, 3.63) is 70.4 Å². The predicted molar refractivity (Wildman–Crippen MR) is 105 cm³/mol. The van der Waals surface area contributed by atoms with Gasteiger partial charge in [0.1, 0.15) is 10.6 Å². The SMILES string of the molecule is Cc1ccc(S(=O)(=O)Oc2cc(Cl)nnc2Oc2cccc3c2CCC3)cc1. The van der Waals surface area contributed by atoms with Crippen LogP contribution in [0.2, 0.25) is 5.15 Å². The van der Waals surface area contributed by atoms with Gasteiger partial charge in [-0.2, -0.15) is 8.42 Å². The number of ether oxygens (including phenoxy) is 1. The minimum atomic E-state index is -4.08. The molecule has 0 aliphatic heterocycles. The summed E-state index contributed by atoms with van der Waals surface area (Å²) in [6.45, 7) is 1.87. The van der Waals surface area contributed by atoms with E-state index in [1.54, 1.807) is 12.1 Å². The van der Waals surface area contributed by atoms with Crippen molar-refractivity contribution in [2.75, 3.05) is 0 Å². The van der Waals surface area contributed by atoms with Crippen LogP contribution >= 0.6 is 11.6 Å². The molecular weight excluding hydrogens is 400 g/mol. The van der Waals surface area contributed by atoms with Gasteiger partial charge in [-0.1, -0.05) is 41.4 Å². The normalized spacial score (nSPS) is 13.2. The summed E-state index contributed by atoms with van der Waals surface area (Å²) >= 11 is 5.91. The summed E-state index contributed by atoms with van der Waals surface area (Å²) in [6, 6.07) is 13.4. The molecule has 0 atom stereocenters. The van der Waals surface area contributed by atoms with Crippen molar-refractivity contribution in [3.8, 4) is 17.4 Å². The molecule has 4 rings (SSSR count). The molecule has 8 heteroatoms. The maximum atomic E-state index is 12.6. The summed E-state index contributed by atoms with van der Waals surface area (Å²) in [5, 5.41) is 7.66. The van der Waals surface area contributed by atoms with Crippen LogP contribution in [-0.4, -0.2) is 18.6 Å². The summed E-state index contributed by atoms with van der Waals surface area (Å²) in [4.78, 5) is 0.0255. The van der Waals surface area contributed by atoms with Gasteiger partial charge in [-0.3, -0.25) is 0 Å². The Morgan fingerprint density at radius 2 is 1.79 bits per heavy atom. The van der Waals surface area contributed by atoms with Gasteiger partial charge in [0.2, 0.25) is 5.75 Å². The van der Waals surface area contributed by atoms with E-state index in [0.29, 0.717) is 5.75 Å². The van der Waals surface area contributed by atoms with Crippen LogP contribution in [0.3, 0.4) is 0 Å². The second-order valence-electron chi connectivity index (χ2n) is 6.54. The van der Waals surface area contributed by atoms with E-state index in [1.165, 1.54) is 23.8 Å². The second-order valence-corrected chi connectivity index (χ2v) is 8.47. The minimum Gasteiger partial charge on any atom is -0.435 e. The highest BCUT2D eigenvalue weighted by atomic mass is 35.5. The second kappa shape index (κ2) is 7.41. The molecule has 28 heavy (non-hydrogen) atoms. The van der Waals surface area contributed by atoms with Crippen molar-refractivity contribution in [1.82, 2.24) is 10.2 Å². The van der Waals surface area contributed by atoms with Gasteiger partial charge in [0.25, 0.3) is 5.88 Å². The van der Waals surface area contributed by atoms with Gasteiger partial charge in [0.15, 0.2) is 5.15 Å². The zero-order valence-corrected chi connectivity index (χ0v) is 16.6. The van der Waals surface area contributed by atoms with E-state index in [-0.39, 0.29) is 21.7 Å². The van der Waals surface area contributed by atoms with Crippen LogP contribution in [0.1, 0.15) is 23.1 Å². The number of fused-ring (bicyclic) bond motifs is 1. The number of hydrogen-bond donors (Lipinski definition) is 0. The van der Waals surface area contributed by atoms with Crippen LogP contribution in [0.5, 0.6) is 17.4 Å². The lowest BCUT2D eigenvalue weighted by Crippen LogP contribution is -2.11. The Morgan fingerprint density at radius 1 is 1.00 bits per heavy atom. The summed E-state index contributed by atoms with van der Waals surface area (Å²) in [6.07, 6.45) is 2.93. The first kappa shape index (κ1) is 18.7. The molecule has 0 amide bonds. The average Bonchev–Trinajstić information content (AvgIpc) is 3.14. The van der Waals surface area contributed by atoms with Crippen LogP contribution in [0.15, 0.2) is 53.4 Å². The smallest absolute Gasteiger partial charge is 0.339 e. The zero-order valence-electron chi connectivity index (χ0n) is 15.1. The Balaban J connectivity index is 1.68. The quantitative estimate of drug-likeness (QED) is 0.570. The van der Waals surface area contributed by atoms with Crippen molar-refractivity contribution in [3.63, 3.8) is 0 Å². The van der Waals surface area contributed by atoms with Gasteiger partial charge < -0.3 is 8.92 Å². The molecule has 144 valence electrons. The summed E-state index contributed by atoms with van der Waals surface area (Å²) in [7, 11) is -4.08. The van der Waals surface area contributed by atoms with Gasteiger partial charge in [-0.25, -0.2) is 0 Å². The molecule has 0 radical (unpaired) electrons. The molecule has 0 unspecified atom stereocenters. The molecule has 6 nitrogen and oxygen atoms in total. The van der Waals surface area contributed by atoms with E-state index in [0.717, 1.165) is 30.4 Å². The molecule has 0 bridgehead atoms. The number of rotatable bonds is 5. The average molecular weight is 417 g/mol. The van der Waals surface area contributed by atoms with Crippen LogP contribution in [0.25, 0.3) is 0 Å². The topological polar surface area (TPSA) is 78.4 Å². The Bertz CT molecular complexity index is 1130. The largest absolute Gasteiger partial charge is 0.435 e. The summed E-state index contributed by atoms with van der Waals surface area (Å²) in [5.74, 6) is 0.445. The molecule has 1 aromatic heterocycles. The third-order valence-electron chi connectivity index (χ3n) is 4.52. The molecule has 1 aliphatic carbocycles. The Kier molecular flexibility index (Phi) is 4.95. The molecule has 2 aromatic carbocycles. The van der Waals surface area contributed by atoms with Crippen molar-refractivity contribution < 1.29 is 17.3 Å². The van der Waals surface area contributed by atoms with E-state index in [4.69, 9.17) is 20.5 Å². The minimum absolute atomic E-state index is 0.000235. The third-order valence-corrected chi connectivity index (χ3v) is 5.95. The lowest BCUT2D eigenvalue weighted by Gasteiger charge is -2.13. The van der Waals surface area contributed by atoms with Gasteiger partial charge in [0, 0.05) is 6.07 Å². The molecule has 0 saturated carbocycles. The zero-order chi connectivity index (χ0) is 19.7. The maximum absolute atomic E-state index is 12.6. The van der Waals surface area contributed by atoms with Gasteiger partial charge >= 0.3 is 10.1 Å².